The highest BCUT2D eigenvalue weighted by atomic mass is 16.1. The molecule has 56 valence electrons. The van der Waals surface area contributed by atoms with Crippen LogP contribution in [0, 0.1) is 0 Å². The van der Waals surface area contributed by atoms with Crippen molar-refractivity contribution in [1.82, 2.24) is 0 Å². The molecule has 0 saturated carbocycles. The van der Waals surface area contributed by atoms with Gasteiger partial charge in [0.15, 0.2) is 5.78 Å². The summed E-state index contributed by atoms with van der Waals surface area (Å²) in [5, 5.41) is 0. The van der Waals surface area contributed by atoms with Crippen LogP contribution in [0.4, 0.5) is 0 Å². The molecule has 0 amide bonds. The molecule has 0 aromatic carbocycles. The Morgan fingerprint density at radius 1 is 1.50 bits per heavy atom. The quantitative estimate of drug-likeness (QED) is 0.428. The molecule has 0 bridgehead atoms. The average molecular weight is 140 g/mol. The first-order valence-corrected chi connectivity index (χ1v) is 3.44. The van der Waals surface area contributed by atoms with Crippen LogP contribution in [0.3, 0.4) is 0 Å². The van der Waals surface area contributed by atoms with Crippen molar-refractivity contribution in [3.63, 3.8) is 0 Å². The molecule has 0 unspecified atom stereocenters. The Bertz CT molecular complexity index is 136. The number of ketones is 1. The van der Waals surface area contributed by atoms with E-state index in [0.29, 0.717) is 12.8 Å². The molecule has 2 nitrogen and oxygen atoms in total. The fraction of sp³-hybridized carbons (Fsp3) is 0.500. The molecule has 0 aliphatic carbocycles. The number of carbonyl (C=O) groups is 2. The lowest BCUT2D eigenvalue weighted by molar-refractivity contribution is -0.116. The summed E-state index contributed by atoms with van der Waals surface area (Å²) in [6.07, 6.45) is 5.65. The van der Waals surface area contributed by atoms with Gasteiger partial charge in [-0.05, 0) is 12.5 Å². The molecule has 0 fully saturated rings. The Balaban J connectivity index is 3.43. The highest BCUT2D eigenvalue weighted by Crippen LogP contribution is 1.90. The van der Waals surface area contributed by atoms with Gasteiger partial charge in [-0.2, -0.15) is 0 Å². The molecule has 2 heteroatoms. The van der Waals surface area contributed by atoms with Crippen LogP contribution in [0.5, 0.6) is 0 Å². The summed E-state index contributed by atoms with van der Waals surface area (Å²) >= 11 is 0. The van der Waals surface area contributed by atoms with Crippen molar-refractivity contribution in [2.24, 2.45) is 0 Å². The molecule has 10 heavy (non-hydrogen) atoms. The van der Waals surface area contributed by atoms with Crippen LogP contribution in [0.15, 0.2) is 12.2 Å². The van der Waals surface area contributed by atoms with Crippen molar-refractivity contribution in [3.05, 3.63) is 12.2 Å². The smallest absolute Gasteiger partial charge is 0.155 e. The van der Waals surface area contributed by atoms with E-state index in [9.17, 15) is 9.59 Å². The predicted octanol–water partition coefficient (Wildman–Crippen LogP) is 1.50. The van der Waals surface area contributed by atoms with Crippen molar-refractivity contribution in [2.75, 3.05) is 0 Å². The van der Waals surface area contributed by atoms with Gasteiger partial charge >= 0.3 is 0 Å². The van der Waals surface area contributed by atoms with Crippen molar-refractivity contribution in [1.29, 1.82) is 0 Å². The third-order valence-electron chi connectivity index (χ3n) is 1.05. The molecular formula is C8H12O2. The zero-order chi connectivity index (χ0) is 7.82. The largest absolute Gasteiger partial charge is 0.303 e. The second-order valence-corrected chi connectivity index (χ2v) is 1.98. The van der Waals surface area contributed by atoms with Gasteiger partial charge in [-0.25, -0.2) is 0 Å². The minimum atomic E-state index is 0.0361. The molecule has 0 aliphatic heterocycles. The maximum atomic E-state index is 10.7. The van der Waals surface area contributed by atoms with Gasteiger partial charge in [-0.15, -0.1) is 0 Å². The lowest BCUT2D eigenvalue weighted by atomic mass is 10.2. The van der Waals surface area contributed by atoms with E-state index in [2.05, 4.69) is 0 Å². The van der Waals surface area contributed by atoms with E-state index in [1.807, 2.05) is 6.92 Å². The van der Waals surface area contributed by atoms with Crippen molar-refractivity contribution in [2.45, 2.75) is 26.2 Å². The number of hydrogen-bond donors (Lipinski definition) is 0. The van der Waals surface area contributed by atoms with E-state index in [1.165, 1.54) is 6.08 Å². The molecule has 0 spiro atoms. The van der Waals surface area contributed by atoms with E-state index in [4.69, 9.17) is 0 Å². The van der Waals surface area contributed by atoms with Crippen LogP contribution in [-0.2, 0) is 9.59 Å². The Hall–Kier alpha value is -0.920. The fourth-order valence-electron chi connectivity index (χ4n) is 0.534. The van der Waals surface area contributed by atoms with Gasteiger partial charge in [0, 0.05) is 12.8 Å². The first-order valence-electron chi connectivity index (χ1n) is 3.44. The zero-order valence-electron chi connectivity index (χ0n) is 6.17. The predicted molar refractivity (Wildman–Crippen MR) is 39.7 cm³/mol. The molecular weight excluding hydrogens is 128 g/mol. The van der Waals surface area contributed by atoms with Gasteiger partial charge in [-0.3, -0.25) is 4.79 Å². The first kappa shape index (κ1) is 9.08. The minimum Gasteiger partial charge on any atom is -0.303 e. The highest BCUT2D eigenvalue weighted by molar-refractivity contribution is 5.90. The van der Waals surface area contributed by atoms with Crippen molar-refractivity contribution < 1.29 is 9.59 Å². The van der Waals surface area contributed by atoms with Gasteiger partial charge in [0.05, 0.1) is 0 Å². The number of aldehydes is 1. The Labute approximate surface area is 60.9 Å². The van der Waals surface area contributed by atoms with Crippen LogP contribution < -0.4 is 0 Å². The van der Waals surface area contributed by atoms with E-state index in [-0.39, 0.29) is 5.78 Å². The molecule has 0 heterocycles. The number of hydrogen-bond acceptors (Lipinski definition) is 2. The maximum Gasteiger partial charge on any atom is 0.155 e. The summed E-state index contributed by atoms with van der Waals surface area (Å²) in [6, 6.07) is 0. The third kappa shape index (κ3) is 5.22. The second-order valence-electron chi connectivity index (χ2n) is 1.98. The van der Waals surface area contributed by atoms with Crippen molar-refractivity contribution >= 4 is 12.1 Å². The molecule has 0 radical (unpaired) electrons. The summed E-state index contributed by atoms with van der Waals surface area (Å²) in [5.41, 5.74) is 0. The lowest BCUT2D eigenvalue weighted by Crippen LogP contribution is -1.91. The SMILES string of the molecule is CC/C=C/C(=O)CCC=O. The van der Waals surface area contributed by atoms with E-state index >= 15 is 0 Å². The second kappa shape index (κ2) is 6.20. The maximum absolute atomic E-state index is 10.7. The molecule has 0 N–H and O–H groups in total. The summed E-state index contributed by atoms with van der Waals surface area (Å²) in [5.74, 6) is 0.0361. The zero-order valence-corrected chi connectivity index (χ0v) is 6.17. The van der Waals surface area contributed by atoms with Crippen LogP contribution >= 0.6 is 0 Å². The molecule has 0 saturated heterocycles. The van der Waals surface area contributed by atoms with Gasteiger partial charge in [-0.1, -0.05) is 13.0 Å². The fourth-order valence-corrected chi connectivity index (χ4v) is 0.534. The van der Waals surface area contributed by atoms with Gasteiger partial charge in [0.25, 0.3) is 0 Å². The third-order valence-corrected chi connectivity index (χ3v) is 1.05. The molecule has 0 rings (SSSR count). The molecule has 0 aromatic heterocycles. The van der Waals surface area contributed by atoms with Crippen LogP contribution in [0.1, 0.15) is 26.2 Å². The molecule has 0 atom stereocenters. The van der Waals surface area contributed by atoms with Gasteiger partial charge < -0.3 is 4.79 Å². The van der Waals surface area contributed by atoms with E-state index in [1.54, 1.807) is 6.08 Å². The minimum absolute atomic E-state index is 0.0361. The Morgan fingerprint density at radius 3 is 2.70 bits per heavy atom. The number of carbonyl (C=O) groups excluding carboxylic acids is 2. The van der Waals surface area contributed by atoms with Gasteiger partial charge in [0.1, 0.15) is 6.29 Å². The van der Waals surface area contributed by atoms with E-state index in [0.717, 1.165) is 12.7 Å². The average Bonchev–Trinajstić information content (AvgIpc) is 1.97. The summed E-state index contributed by atoms with van der Waals surface area (Å²) in [7, 11) is 0. The Morgan fingerprint density at radius 2 is 2.20 bits per heavy atom. The Kier molecular flexibility index (Phi) is 5.63. The van der Waals surface area contributed by atoms with Crippen LogP contribution in [-0.4, -0.2) is 12.1 Å². The van der Waals surface area contributed by atoms with E-state index < -0.39 is 0 Å². The van der Waals surface area contributed by atoms with Gasteiger partial charge in [0.2, 0.25) is 0 Å². The molecule has 0 aliphatic rings. The summed E-state index contributed by atoms with van der Waals surface area (Å²) in [4.78, 5) is 20.5. The lowest BCUT2D eigenvalue weighted by Gasteiger charge is -1.85. The normalized spacial score (nSPS) is 10.1. The standard InChI is InChI=1S/C8H12O2/c1-2-3-5-8(10)6-4-7-9/h3,5,7H,2,4,6H2,1H3/b5-3+. The summed E-state index contributed by atoms with van der Waals surface area (Å²) in [6.45, 7) is 1.96. The number of rotatable bonds is 5. The van der Waals surface area contributed by atoms with Crippen LogP contribution in [0.2, 0.25) is 0 Å². The topological polar surface area (TPSA) is 34.1 Å². The number of allylic oxidation sites excluding steroid dienone is 2. The van der Waals surface area contributed by atoms with Crippen LogP contribution in [0.25, 0.3) is 0 Å². The highest BCUT2D eigenvalue weighted by Gasteiger charge is 1.92. The monoisotopic (exact) mass is 140 g/mol. The molecule has 0 aromatic rings. The first-order chi connectivity index (χ1) is 4.81. The van der Waals surface area contributed by atoms with Crippen molar-refractivity contribution in [3.8, 4) is 0 Å². The summed E-state index contributed by atoms with van der Waals surface area (Å²) < 4.78 is 0.